The molecule has 13 heavy (non-hydrogen) atoms. The zero-order valence-corrected chi connectivity index (χ0v) is 9.88. The monoisotopic (exact) mass is 223 g/mol. The summed E-state index contributed by atoms with van der Waals surface area (Å²) in [5.41, 5.74) is 0. The van der Waals surface area contributed by atoms with Crippen LogP contribution >= 0.6 is 23.4 Å². The van der Waals surface area contributed by atoms with Gasteiger partial charge < -0.3 is 5.32 Å². The third kappa shape index (κ3) is 8.44. The molecule has 0 saturated heterocycles. The lowest BCUT2D eigenvalue weighted by molar-refractivity contribution is -0.121. The van der Waals surface area contributed by atoms with Crippen LogP contribution in [0.1, 0.15) is 26.2 Å². The van der Waals surface area contributed by atoms with E-state index in [-0.39, 0.29) is 11.9 Å². The van der Waals surface area contributed by atoms with Gasteiger partial charge in [0.25, 0.3) is 0 Å². The molecule has 1 unspecified atom stereocenters. The van der Waals surface area contributed by atoms with Crippen molar-refractivity contribution in [3.05, 3.63) is 0 Å². The van der Waals surface area contributed by atoms with E-state index in [4.69, 9.17) is 11.6 Å². The minimum atomic E-state index is 0.120. The first kappa shape index (κ1) is 13.1. The summed E-state index contributed by atoms with van der Waals surface area (Å²) in [4.78, 5) is 11.2. The van der Waals surface area contributed by atoms with Crippen molar-refractivity contribution >= 4 is 29.3 Å². The van der Waals surface area contributed by atoms with E-state index in [1.807, 2.05) is 6.92 Å². The second-order valence-corrected chi connectivity index (χ2v) is 4.41. The Morgan fingerprint density at radius 2 is 2.31 bits per heavy atom. The highest BCUT2D eigenvalue weighted by Crippen LogP contribution is 2.00. The lowest BCUT2D eigenvalue weighted by atomic mass is 10.2. The van der Waals surface area contributed by atoms with Crippen LogP contribution < -0.4 is 5.32 Å². The summed E-state index contributed by atoms with van der Waals surface area (Å²) in [5.74, 6) is 1.78. The van der Waals surface area contributed by atoms with E-state index in [9.17, 15) is 4.79 Å². The number of hydrogen-bond acceptors (Lipinski definition) is 2. The fourth-order valence-electron chi connectivity index (χ4n) is 0.941. The van der Waals surface area contributed by atoms with Gasteiger partial charge in [-0.15, -0.1) is 11.6 Å². The van der Waals surface area contributed by atoms with Crippen LogP contribution in [-0.2, 0) is 4.79 Å². The SMILES string of the molecule is CSCCC(C)NC(=O)CCCCl. The minimum absolute atomic E-state index is 0.120. The molecule has 0 aromatic carbocycles. The molecule has 0 heterocycles. The fraction of sp³-hybridized carbons (Fsp3) is 0.889. The first-order valence-corrected chi connectivity index (χ1v) is 6.47. The number of amides is 1. The molecule has 0 rings (SSSR count). The molecular formula is C9H18ClNOS. The van der Waals surface area contributed by atoms with Crippen LogP contribution in [0.5, 0.6) is 0 Å². The molecule has 0 spiro atoms. The van der Waals surface area contributed by atoms with Gasteiger partial charge in [0.15, 0.2) is 0 Å². The number of halogens is 1. The molecular weight excluding hydrogens is 206 g/mol. The van der Waals surface area contributed by atoms with Gasteiger partial charge in [-0.05, 0) is 31.8 Å². The van der Waals surface area contributed by atoms with Crippen molar-refractivity contribution in [3.8, 4) is 0 Å². The molecule has 0 radical (unpaired) electrons. The van der Waals surface area contributed by atoms with Crippen LogP contribution in [0.4, 0.5) is 0 Å². The molecule has 1 N–H and O–H groups in total. The van der Waals surface area contributed by atoms with Gasteiger partial charge in [-0.3, -0.25) is 4.79 Å². The Morgan fingerprint density at radius 3 is 2.85 bits per heavy atom. The molecule has 0 bridgehead atoms. The van der Waals surface area contributed by atoms with Gasteiger partial charge in [-0.25, -0.2) is 0 Å². The molecule has 0 aromatic rings. The molecule has 2 nitrogen and oxygen atoms in total. The van der Waals surface area contributed by atoms with Crippen LogP contribution in [0.3, 0.4) is 0 Å². The number of hydrogen-bond donors (Lipinski definition) is 1. The number of rotatable bonds is 7. The van der Waals surface area contributed by atoms with Gasteiger partial charge in [-0.1, -0.05) is 0 Å². The summed E-state index contributed by atoms with van der Waals surface area (Å²) in [7, 11) is 0. The van der Waals surface area contributed by atoms with Crippen molar-refractivity contribution in [1.29, 1.82) is 0 Å². The van der Waals surface area contributed by atoms with Crippen molar-refractivity contribution in [3.63, 3.8) is 0 Å². The Labute approximate surface area is 89.8 Å². The fourth-order valence-corrected chi connectivity index (χ4v) is 1.66. The molecule has 0 aliphatic carbocycles. The standard InChI is InChI=1S/C9H18ClNOS/c1-8(5-7-13-2)11-9(12)4-3-6-10/h8H,3-7H2,1-2H3,(H,11,12). The molecule has 1 atom stereocenters. The quantitative estimate of drug-likeness (QED) is 0.671. The van der Waals surface area contributed by atoms with E-state index in [2.05, 4.69) is 11.6 Å². The van der Waals surface area contributed by atoms with Gasteiger partial charge in [-0.2, -0.15) is 11.8 Å². The highest BCUT2D eigenvalue weighted by atomic mass is 35.5. The van der Waals surface area contributed by atoms with Crippen molar-refractivity contribution in [2.24, 2.45) is 0 Å². The zero-order chi connectivity index (χ0) is 10.1. The summed E-state index contributed by atoms with van der Waals surface area (Å²) in [6.07, 6.45) is 4.42. The maximum atomic E-state index is 11.2. The van der Waals surface area contributed by atoms with Crippen LogP contribution in [0, 0.1) is 0 Å². The van der Waals surface area contributed by atoms with Gasteiger partial charge in [0.1, 0.15) is 0 Å². The molecule has 0 fully saturated rings. The molecule has 1 amide bonds. The predicted molar refractivity (Wildman–Crippen MR) is 60.6 cm³/mol. The van der Waals surface area contributed by atoms with E-state index in [0.717, 1.165) is 18.6 Å². The predicted octanol–water partition coefficient (Wildman–Crippen LogP) is 2.26. The van der Waals surface area contributed by atoms with Crippen LogP contribution in [0.2, 0.25) is 0 Å². The van der Waals surface area contributed by atoms with E-state index < -0.39 is 0 Å². The number of alkyl halides is 1. The van der Waals surface area contributed by atoms with E-state index >= 15 is 0 Å². The maximum absolute atomic E-state index is 11.2. The van der Waals surface area contributed by atoms with Crippen LogP contribution in [-0.4, -0.2) is 29.8 Å². The highest BCUT2D eigenvalue weighted by Gasteiger charge is 2.05. The molecule has 0 saturated carbocycles. The Morgan fingerprint density at radius 1 is 1.62 bits per heavy atom. The van der Waals surface area contributed by atoms with Crippen LogP contribution in [0.25, 0.3) is 0 Å². The van der Waals surface area contributed by atoms with Gasteiger partial charge in [0.2, 0.25) is 5.91 Å². The lowest BCUT2D eigenvalue weighted by Gasteiger charge is -2.12. The number of carbonyl (C=O) groups is 1. The van der Waals surface area contributed by atoms with Gasteiger partial charge >= 0.3 is 0 Å². The zero-order valence-electron chi connectivity index (χ0n) is 8.31. The van der Waals surface area contributed by atoms with Crippen LogP contribution in [0.15, 0.2) is 0 Å². The average Bonchev–Trinajstić information content (AvgIpc) is 2.11. The van der Waals surface area contributed by atoms with Crippen molar-refractivity contribution < 1.29 is 4.79 Å². The molecule has 0 aliphatic rings. The second-order valence-electron chi connectivity index (χ2n) is 3.04. The average molecular weight is 224 g/mol. The second kappa shape index (κ2) is 8.70. The maximum Gasteiger partial charge on any atom is 0.220 e. The van der Waals surface area contributed by atoms with E-state index in [1.54, 1.807) is 11.8 Å². The number of nitrogens with one attached hydrogen (secondary N) is 1. The van der Waals surface area contributed by atoms with Crippen molar-refractivity contribution in [1.82, 2.24) is 5.32 Å². The molecule has 78 valence electrons. The third-order valence-electron chi connectivity index (χ3n) is 1.70. The summed E-state index contributed by atoms with van der Waals surface area (Å²) in [6.45, 7) is 2.04. The Hall–Kier alpha value is 0.110. The number of thioether (sulfide) groups is 1. The topological polar surface area (TPSA) is 29.1 Å². The Bertz CT molecular complexity index is 144. The number of carbonyl (C=O) groups excluding carboxylic acids is 1. The minimum Gasteiger partial charge on any atom is -0.354 e. The Balaban J connectivity index is 3.41. The molecule has 4 heteroatoms. The summed E-state index contributed by atoms with van der Waals surface area (Å²) >= 11 is 7.28. The first-order valence-electron chi connectivity index (χ1n) is 4.55. The Kier molecular flexibility index (Phi) is 8.77. The van der Waals surface area contributed by atoms with Gasteiger partial charge in [0.05, 0.1) is 0 Å². The summed E-state index contributed by atoms with van der Waals surface area (Å²) < 4.78 is 0. The largest absolute Gasteiger partial charge is 0.354 e. The first-order chi connectivity index (χ1) is 6.20. The third-order valence-corrected chi connectivity index (χ3v) is 2.61. The van der Waals surface area contributed by atoms with Crippen molar-refractivity contribution in [2.75, 3.05) is 17.9 Å². The van der Waals surface area contributed by atoms with Crippen molar-refractivity contribution in [2.45, 2.75) is 32.2 Å². The summed E-state index contributed by atoms with van der Waals surface area (Å²) in [6, 6.07) is 0.287. The van der Waals surface area contributed by atoms with E-state index in [1.165, 1.54) is 0 Å². The van der Waals surface area contributed by atoms with E-state index in [0.29, 0.717) is 12.3 Å². The lowest BCUT2D eigenvalue weighted by Crippen LogP contribution is -2.32. The normalized spacial score (nSPS) is 12.5. The smallest absolute Gasteiger partial charge is 0.220 e. The molecule has 0 aromatic heterocycles. The van der Waals surface area contributed by atoms with Gasteiger partial charge in [0, 0.05) is 18.3 Å². The molecule has 0 aliphatic heterocycles. The summed E-state index contributed by atoms with van der Waals surface area (Å²) in [5, 5.41) is 2.94. The highest BCUT2D eigenvalue weighted by molar-refractivity contribution is 7.98.